The molecule has 0 amide bonds. The smallest absolute Gasteiger partial charge is 0.316 e. The molecule has 1 atom stereocenters. The molecule has 0 rings (SSSR count). The Bertz CT molecular complexity index is 285. The Hall–Kier alpha value is -1.39. The van der Waals surface area contributed by atoms with E-state index < -0.39 is 23.6 Å². The fourth-order valence-corrected chi connectivity index (χ4v) is 1.67. The second-order valence-electron chi connectivity index (χ2n) is 4.14. The predicted molar refractivity (Wildman–Crippen MR) is 65.9 cm³/mol. The van der Waals surface area contributed by atoms with E-state index in [-0.39, 0.29) is 6.42 Å². The Labute approximate surface area is 108 Å². The highest BCUT2D eigenvalue weighted by Crippen LogP contribution is 2.15. The van der Waals surface area contributed by atoms with Gasteiger partial charge in [-0.25, -0.2) is 0 Å². The molecule has 1 unspecified atom stereocenters. The maximum Gasteiger partial charge on any atom is 0.316 e. The summed E-state index contributed by atoms with van der Waals surface area (Å²) >= 11 is 0. The van der Waals surface area contributed by atoms with Crippen LogP contribution in [0.4, 0.5) is 0 Å². The average molecular weight is 258 g/mol. The van der Waals surface area contributed by atoms with Gasteiger partial charge in [-0.3, -0.25) is 14.4 Å². The van der Waals surface area contributed by atoms with Crippen molar-refractivity contribution in [1.29, 1.82) is 0 Å². The number of unbranched alkanes of at least 4 members (excludes halogenated alkanes) is 3. The molecule has 0 aromatic carbocycles. The van der Waals surface area contributed by atoms with Crippen LogP contribution in [0.25, 0.3) is 0 Å². The van der Waals surface area contributed by atoms with Crippen molar-refractivity contribution in [3.8, 4) is 0 Å². The molecule has 0 heterocycles. The third-order valence-corrected chi connectivity index (χ3v) is 2.77. The number of carbonyl (C=O) groups is 3. The van der Waals surface area contributed by atoms with Crippen LogP contribution in [-0.4, -0.2) is 31.9 Å². The second kappa shape index (κ2) is 9.62. The SMILES string of the molecule is CCCCCCC(C(=O)CC(=O)OC)C(=O)OC. The zero-order chi connectivity index (χ0) is 14.0. The topological polar surface area (TPSA) is 69.7 Å². The van der Waals surface area contributed by atoms with Crippen LogP contribution in [0, 0.1) is 5.92 Å². The van der Waals surface area contributed by atoms with Crippen LogP contribution < -0.4 is 0 Å². The van der Waals surface area contributed by atoms with E-state index in [0.717, 1.165) is 25.7 Å². The van der Waals surface area contributed by atoms with Crippen molar-refractivity contribution in [2.24, 2.45) is 5.92 Å². The molecular formula is C13H22O5. The van der Waals surface area contributed by atoms with Crippen LogP contribution in [0.2, 0.25) is 0 Å². The zero-order valence-corrected chi connectivity index (χ0v) is 11.4. The summed E-state index contributed by atoms with van der Waals surface area (Å²) < 4.78 is 9.01. The van der Waals surface area contributed by atoms with Gasteiger partial charge in [0.1, 0.15) is 12.3 Å². The lowest BCUT2D eigenvalue weighted by atomic mass is 9.94. The van der Waals surface area contributed by atoms with E-state index >= 15 is 0 Å². The number of esters is 2. The van der Waals surface area contributed by atoms with Crippen LogP contribution in [0.1, 0.15) is 45.4 Å². The van der Waals surface area contributed by atoms with E-state index in [2.05, 4.69) is 16.4 Å². The van der Waals surface area contributed by atoms with Crippen LogP contribution in [0.5, 0.6) is 0 Å². The average Bonchev–Trinajstić information content (AvgIpc) is 2.37. The lowest BCUT2D eigenvalue weighted by Crippen LogP contribution is -2.27. The first-order chi connectivity index (χ1) is 8.56. The van der Waals surface area contributed by atoms with Crippen molar-refractivity contribution in [2.45, 2.75) is 45.4 Å². The lowest BCUT2D eigenvalue weighted by Gasteiger charge is -2.12. The standard InChI is InChI=1S/C13H22O5/c1-4-5-6-7-8-10(13(16)18-3)11(14)9-12(15)17-2/h10H,4-9H2,1-3H3. The zero-order valence-electron chi connectivity index (χ0n) is 11.4. The minimum absolute atomic E-state index is 0.371. The maximum atomic E-state index is 11.8. The summed E-state index contributed by atoms with van der Waals surface area (Å²) in [6, 6.07) is 0. The molecule has 104 valence electrons. The number of ketones is 1. The van der Waals surface area contributed by atoms with Crippen molar-refractivity contribution in [1.82, 2.24) is 0 Å². The summed E-state index contributed by atoms with van der Waals surface area (Å²) in [5.74, 6) is -2.46. The quantitative estimate of drug-likeness (QED) is 0.359. The second-order valence-corrected chi connectivity index (χ2v) is 4.14. The summed E-state index contributed by atoms with van der Waals surface area (Å²) in [5.41, 5.74) is 0. The number of ether oxygens (including phenoxy) is 2. The van der Waals surface area contributed by atoms with Gasteiger partial charge in [-0.1, -0.05) is 32.6 Å². The first-order valence-electron chi connectivity index (χ1n) is 6.24. The van der Waals surface area contributed by atoms with Crippen molar-refractivity contribution in [3.05, 3.63) is 0 Å². The molecule has 0 saturated heterocycles. The molecule has 0 radical (unpaired) electrons. The van der Waals surface area contributed by atoms with Gasteiger partial charge in [-0.05, 0) is 6.42 Å². The van der Waals surface area contributed by atoms with Gasteiger partial charge in [0.15, 0.2) is 5.78 Å². The molecule has 0 aromatic rings. The molecule has 0 aromatic heterocycles. The van der Waals surface area contributed by atoms with Gasteiger partial charge in [0.2, 0.25) is 0 Å². The molecule has 0 fully saturated rings. The first kappa shape index (κ1) is 16.6. The van der Waals surface area contributed by atoms with E-state index in [9.17, 15) is 14.4 Å². The Morgan fingerprint density at radius 1 is 1.00 bits per heavy atom. The normalized spacial score (nSPS) is 11.7. The van der Waals surface area contributed by atoms with E-state index in [0.29, 0.717) is 6.42 Å². The van der Waals surface area contributed by atoms with Gasteiger partial charge in [-0.2, -0.15) is 0 Å². The van der Waals surface area contributed by atoms with Gasteiger partial charge < -0.3 is 9.47 Å². The molecule has 18 heavy (non-hydrogen) atoms. The highest BCUT2D eigenvalue weighted by molar-refractivity contribution is 6.05. The van der Waals surface area contributed by atoms with Crippen molar-refractivity contribution in [3.63, 3.8) is 0 Å². The monoisotopic (exact) mass is 258 g/mol. The highest BCUT2D eigenvalue weighted by atomic mass is 16.5. The minimum atomic E-state index is -0.842. The van der Waals surface area contributed by atoms with Crippen LogP contribution in [0.15, 0.2) is 0 Å². The first-order valence-corrected chi connectivity index (χ1v) is 6.24. The van der Waals surface area contributed by atoms with Gasteiger partial charge in [0.05, 0.1) is 14.2 Å². The molecule has 0 aliphatic rings. The number of methoxy groups -OCH3 is 2. The summed E-state index contributed by atoms with van der Waals surface area (Å²) in [4.78, 5) is 34.3. The maximum absolute atomic E-state index is 11.8. The number of hydrogen-bond donors (Lipinski definition) is 0. The summed E-state index contributed by atoms with van der Waals surface area (Å²) in [7, 11) is 2.46. The number of carbonyl (C=O) groups excluding carboxylic acids is 3. The van der Waals surface area contributed by atoms with Crippen molar-refractivity contribution in [2.75, 3.05) is 14.2 Å². The molecule has 0 aliphatic heterocycles. The van der Waals surface area contributed by atoms with Gasteiger partial charge in [0.25, 0.3) is 0 Å². The molecule has 0 bridgehead atoms. The molecule has 0 spiro atoms. The number of hydrogen-bond acceptors (Lipinski definition) is 5. The molecular weight excluding hydrogens is 236 g/mol. The van der Waals surface area contributed by atoms with Gasteiger partial charge >= 0.3 is 11.9 Å². The number of Topliss-reactive ketones (excluding diaryl/α,β-unsaturated/α-hetero) is 1. The summed E-state index contributed by atoms with van der Waals surface area (Å²) in [5, 5.41) is 0. The lowest BCUT2D eigenvalue weighted by molar-refractivity contribution is -0.151. The molecule has 5 heteroatoms. The predicted octanol–water partition coefficient (Wildman–Crippen LogP) is 1.88. The number of rotatable bonds is 9. The van der Waals surface area contributed by atoms with E-state index in [1.54, 1.807) is 0 Å². The van der Waals surface area contributed by atoms with E-state index in [4.69, 9.17) is 0 Å². The molecule has 0 aliphatic carbocycles. The van der Waals surface area contributed by atoms with Crippen LogP contribution in [-0.2, 0) is 23.9 Å². The Morgan fingerprint density at radius 3 is 2.17 bits per heavy atom. The Balaban J connectivity index is 4.34. The molecule has 0 N–H and O–H groups in total. The third-order valence-electron chi connectivity index (χ3n) is 2.77. The molecule has 0 saturated carbocycles. The van der Waals surface area contributed by atoms with Crippen molar-refractivity contribution >= 4 is 17.7 Å². The minimum Gasteiger partial charge on any atom is -0.469 e. The highest BCUT2D eigenvalue weighted by Gasteiger charge is 2.28. The third kappa shape index (κ3) is 6.37. The Kier molecular flexibility index (Phi) is 8.88. The fourth-order valence-electron chi connectivity index (χ4n) is 1.67. The molecule has 5 nitrogen and oxygen atoms in total. The van der Waals surface area contributed by atoms with Gasteiger partial charge in [0, 0.05) is 0 Å². The Morgan fingerprint density at radius 2 is 1.67 bits per heavy atom. The summed E-state index contributed by atoms with van der Waals surface area (Å²) in [6.07, 6.45) is 3.96. The van der Waals surface area contributed by atoms with Crippen LogP contribution in [0.3, 0.4) is 0 Å². The van der Waals surface area contributed by atoms with E-state index in [1.807, 2.05) is 0 Å². The van der Waals surface area contributed by atoms with Crippen LogP contribution >= 0.6 is 0 Å². The van der Waals surface area contributed by atoms with E-state index in [1.165, 1.54) is 14.2 Å². The van der Waals surface area contributed by atoms with Crippen molar-refractivity contribution < 1.29 is 23.9 Å². The largest absolute Gasteiger partial charge is 0.469 e. The van der Waals surface area contributed by atoms with Gasteiger partial charge in [-0.15, -0.1) is 0 Å². The summed E-state index contributed by atoms with van der Waals surface area (Å²) in [6.45, 7) is 2.08. The fraction of sp³-hybridized carbons (Fsp3) is 0.769.